The lowest BCUT2D eigenvalue weighted by molar-refractivity contribution is 1.38. The van der Waals surface area contributed by atoms with E-state index in [1.165, 1.54) is 4.90 Å². The molecular formula is C13H8ClNS. The zero-order valence-electron chi connectivity index (χ0n) is 8.35. The molecule has 0 aromatic heterocycles. The van der Waals surface area contributed by atoms with E-state index >= 15 is 0 Å². The van der Waals surface area contributed by atoms with E-state index in [2.05, 4.69) is 17.1 Å². The van der Waals surface area contributed by atoms with Crippen LogP contribution in [0.1, 0.15) is 5.56 Å². The Labute approximate surface area is 103 Å². The molecule has 0 bridgehead atoms. The molecule has 16 heavy (non-hydrogen) atoms. The Bertz CT molecular complexity index is 578. The van der Waals surface area contributed by atoms with E-state index in [0.717, 1.165) is 21.2 Å². The van der Waals surface area contributed by atoms with Crippen LogP contribution in [0.3, 0.4) is 0 Å². The zero-order valence-corrected chi connectivity index (χ0v) is 9.92. The summed E-state index contributed by atoms with van der Waals surface area (Å²) in [6.07, 6.45) is 1.89. The van der Waals surface area contributed by atoms with Gasteiger partial charge in [0.15, 0.2) is 0 Å². The number of benzene rings is 2. The van der Waals surface area contributed by atoms with Crippen molar-refractivity contribution < 1.29 is 0 Å². The number of rotatable bonds is 0. The van der Waals surface area contributed by atoms with Crippen molar-refractivity contribution in [1.82, 2.24) is 0 Å². The molecule has 3 heteroatoms. The van der Waals surface area contributed by atoms with Crippen LogP contribution in [0.5, 0.6) is 0 Å². The summed E-state index contributed by atoms with van der Waals surface area (Å²) in [5.74, 6) is 0. The minimum Gasteiger partial charge on any atom is -0.255 e. The SMILES string of the molecule is Clc1ccc2c(c1)N=Cc1ccccc1S2. The smallest absolute Gasteiger partial charge is 0.0784 e. The third-order valence-electron chi connectivity index (χ3n) is 2.40. The van der Waals surface area contributed by atoms with Crippen molar-refractivity contribution in [2.24, 2.45) is 4.99 Å². The summed E-state index contributed by atoms with van der Waals surface area (Å²) in [4.78, 5) is 6.83. The molecule has 3 rings (SSSR count). The molecule has 78 valence electrons. The molecule has 0 spiro atoms. The van der Waals surface area contributed by atoms with Gasteiger partial charge in [-0.25, -0.2) is 0 Å². The van der Waals surface area contributed by atoms with Gasteiger partial charge >= 0.3 is 0 Å². The van der Waals surface area contributed by atoms with Crippen molar-refractivity contribution in [2.45, 2.75) is 9.79 Å². The van der Waals surface area contributed by atoms with Gasteiger partial charge in [-0.05, 0) is 24.3 Å². The highest BCUT2D eigenvalue weighted by Crippen LogP contribution is 2.39. The summed E-state index contributed by atoms with van der Waals surface area (Å²) in [6, 6.07) is 14.1. The van der Waals surface area contributed by atoms with Crippen molar-refractivity contribution >= 4 is 35.3 Å². The van der Waals surface area contributed by atoms with E-state index in [-0.39, 0.29) is 0 Å². The molecule has 0 saturated carbocycles. The Kier molecular flexibility index (Phi) is 2.46. The summed E-state index contributed by atoms with van der Waals surface area (Å²) in [5, 5.41) is 0.724. The van der Waals surface area contributed by atoms with Gasteiger partial charge < -0.3 is 0 Å². The van der Waals surface area contributed by atoms with Gasteiger partial charge in [-0.2, -0.15) is 0 Å². The lowest BCUT2D eigenvalue weighted by Gasteiger charge is -2.04. The molecule has 1 aliphatic rings. The van der Waals surface area contributed by atoms with Crippen molar-refractivity contribution in [3.8, 4) is 0 Å². The van der Waals surface area contributed by atoms with Crippen LogP contribution >= 0.6 is 23.4 Å². The molecule has 0 fully saturated rings. The maximum Gasteiger partial charge on any atom is 0.0784 e. The standard InChI is InChI=1S/C13H8ClNS/c14-10-5-6-13-11(7-10)15-8-9-3-1-2-4-12(9)16-13/h1-8H. The Morgan fingerprint density at radius 3 is 2.81 bits per heavy atom. The highest BCUT2D eigenvalue weighted by atomic mass is 35.5. The van der Waals surface area contributed by atoms with Crippen LogP contribution in [0.25, 0.3) is 0 Å². The Morgan fingerprint density at radius 2 is 1.88 bits per heavy atom. The van der Waals surface area contributed by atoms with Gasteiger partial charge in [-0.1, -0.05) is 41.6 Å². The monoisotopic (exact) mass is 245 g/mol. The molecule has 0 atom stereocenters. The average molecular weight is 246 g/mol. The molecule has 0 amide bonds. The van der Waals surface area contributed by atoms with Gasteiger partial charge in [0, 0.05) is 26.6 Å². The van der Waals surface area contributed by atoms with Gasteiger partial charge in [-0.3, -0.25) is 4.99 Å². The lowest BCUT2D eigenvalue weighted by atomic mass is 10.2. The van der Waals surface area contributed by atoms with Crippen molar-refractivity contribution in [1.29, 1.82) is 0 Å². The van der Waals surface area contributed by atoms with Crippen molar-refractivity contribution in [2.75, 3.05) is 0 Å². The number of hydrogen-bond donors (Lipinski definition) is 0. The fraction of sp³-hybridized carbons (Fsp3) is 0. The Morgan fingerprint density at radius 1 is 1.00 bits per heavy atom. The number of halogens is 1. The van der Waals surface area contributed by atoms with Crippen molar-refractivity contribution in [3.05, 3.63) is 53.1 Å². The molecule has 2 aromatic carbocycles. The molecule has 0 N–H and O–H groups in total. The fourth-order valence-electron chi connectivity index (χ4n) is 1.62. The summed E-state index contributed by atoms with van der Waals surface area (Å²) in [6.45, 7) is 0. The Balaban J connectivity index is 2.17. The Hall–Kier alpha value is -1.25. The summed E-state index contributed by atoms with van der Waals surface area (Å²) >= 11 is 7.69. The zero-order chi connectivity index (χ0) is 11.0. The van der Waals surface area contributed by atoms with E-state index < -0.39 is 0 Å². The highest BCUT2D eigenvalue weighted by Gasteiger charge is 2.10. The predicted molar refractivity (Wildman–Crippen MR) is 69.3 cm³/mol. The molecule has 0 saturated heterocycles. The molecule has 1 nitrogen and oxygen atoms in total. The second-order valence-electron chi connectivity index (χ2n) is 3.51. The summed E-state index contributed by atoms with van der Waals surface area (Å²) in [7, 11) is 0. The minimum absolute atomic E-state index is 0.724. The quantitative estimate of drug-likeness (QED) is 0.566. The number of nitrogens with zero attached hydrogens (tertiary/aromatic N) is 1. The number of fused-ring (bicyclic) bond motifs is 2. The summed E-state index contributed by atoms with van der Waals surface area (Å²) < 4.78 is 0. The second kappa shape index (κ2) is 3.96. The van der Waals surface area contributed by atoms with Crippen LogP contribution in [-0.4, -0.2) is 6.21 Å². The van der Waals surface area contributed by atoms with Crippen LogP contribution in [-0.2, 0) is 0 Å². The van der Waals surface area contributed by atoms with Crippen LogP contribution in [0, 0.1) is 0 Å². The predicted octanol–water partition coefficient (Wildman–Crippen LogP) is 4.56. The van der Waals surface area contributed by atoms with Crippen LogP contribution in [0.4, 0.5) is 5.69 Å². The third kappa shape index (κ3) is 1.75. The van der Waals surface area contributed by atoms with E-state index in [1.54, 1.807) is 11.8 Å². The van der Waals surface area contributed by atoms with E-state index in [1.807, 2.05) is 36.5 Å². The highest BCUT2D eigenvalue weighted by molar-refractivity contribution is 7.99. The molecule has 0 aliphatic carbocycles. The fourth-order valence-corrected chi connectivity index (χ4v) is 2.76. The van der Waals surface area contributed by atoms with Gasteiger partial charge in [0.25, 0.3) is 0 Å². The largest absolute Gasteiger partial charge is 0.255 e. The van der Waals surface area contributed by atoms with Gasteiger partial charge in [0.1, 0.15) is 0 Å². The van der Waals surface area contributed by atoms with Gasteiger partial charge in [0.05, 0.1) is 5.69 Å². The first-order valence-corrected chi connectivity index (χ1v) is 6.13. The average Bonchev–Trinajstić information content (AvgIpc) is 2.48. The number of aliphatic imine (C=N–C) groups is 1. The second-order valence-corrected chi connectivity index (χ2v) is 5.03. The first kappa shape index (κ1) is 9.94. The third-order valence-corrected chi connectivity index (χ3v) is 3.79. The minimum atomic E-state index is 0.724. The normalized spacial score (nSPS) is 12.8. The topological polar surface area (TPSA) is 12.4 Å². The number of hydrogen-bond acceptors (Lipinski definition) is 2. The maximum atomic E-state index is 5.96. The molecule has 0 radical (unpaired) electrons. The summed E-state index contributed by atoms with van der Waals surface area (Å²) in [5.41, 5.74) is 2.09. The van der Waals surface area contributed by atoms with Crippen LogP contribution in [0.2, 0.25) is 5.02 Å². The molecule has 1 aliphatic heterocycles. The van der Waals surface area contributed by atoms with Crippen molar-refractivity contribution in [3.63, 3.8) is 0 Å². The van der Waals surface area contributed by atoms with Gasteiger partial charge in [-0.15, -0.1) is 0 Å². The van der Waals surface area contributed by atoms with E-state index in [0.29, 0.717) is 0 Å². The lowest BCUT2D eigenvalue weighted by Crippen LogP contribution is -1.81. The first-order valence-electron chi connectivity index (χ1n) is 4.93. The molecule has 1 heterocycles. The van der Waals surface area contributed by atoms with E-state index in [4.69, 9.17) is 11.6 Å². The van der Waals surface area contributed by atoms with Gasteiger partial charge in [0.2, 0.25) is 0 Å². The van der Waals surface area contributed by atoms with Crippen LogP contribution < -0.4 is 0 Å². The molecule has 2 aromatic rings. The molecule has 0 unspecified atom stereocenters. The van der Waals surface area contributed by atoms with E-state index in [9.17, 15) is 0 Å². The maximum absolute atomic E-state index is 5.96. The first-order chi connectivity index (χ1) is 7.83. The van der Waals surface area contributed by atoms with Crippen LogP contribution in [0.15, 0.2) is 57.2 Å². The molecular weight excluding hydrogens is 238 g/mol.